The predicted molar refractivity (Wildman–Crippen MR) is 115 cm³/mol. The number of H-pyrrole nitrogens is 1. The number of carbonyl (C=O) groups is 1. The van der Waals surface area contributed by atoms with Crippen molar-refractivity contribution in [1.29, 1.82) is 0 Å². The molecule has 1 fully saturated rings. The molecule has 0 aliphatic heterocycles. The highest BCUT2D eigenvalue weighted by Crippen LogP contribution is 2.41. The molecule has 0 saturated heterocycles. The fraction of sp³-hybridized carbons (Fsp3) is 0.609. The number of aromatic amines is 1. The van der Waals surface area contributed by atoms with E-state index in [4.69, 9.17) is 0 Å². The molecule has 1 aromatic carbocycles. The number of hydrogen-bond donors (Lipinski definition) is 4. The van der Waals surface area contributed by atoms with E-state index < -0.39 is 5.60 Å². The van der Waals surface area contributed by atoms with Crippen LogP contribution in [0.25, 0.3) is 10.9 Å². The van der Waals surface area contributed by atoms with Crippen LogP contribution in [-0.4, -0.2) is 34.8 Å². The number of aromatic nitrogens is 1. The van der Waals surface area contributed by atoms with Crippen LogP contribution in [0.1, 0.15) is 62.8 Å². The maximum atomic E-state index is 12.3. The fourth-order valence-electron chi connectivity index (χ4n) is 4.46. The van der Waals surface area contributed by atoms with E-state index in [-0.39, 0.29) is 11.4 Å². The molecule has 0 unspecified atom stereocenters. The number of benzene rings is 1. The summed E-state index contributed by atoms with van der Waals surface area (Å²) in [7, 11) is 0. The average molecular weight is 386 g/mol. The molecular weight excluding hydrogens is 350 g/mol. The highest BCUT2D eigenvalue weighted by Gasteiger charge is 2.43. The van der Waals surface area contributed by atoms with Crippen LogP contribution < -0.4 is 10.6 Å². The number of rotatable bonds is 6. The van der Waals surface area contributed by atoms with E-state index in [1.54, 1.807) is 0 Å². The number of fused-ring (bicyclic) bond motifs is 1. The van der Waals surface area contributed by atoms with Crippen LogP contribution in [0.3, 0.4) is 0 Å². The number of carbonyl (C=O) groups excluding carboxylic acids is 1. The zero-order valence-electron chi connectivity index (χ0n) is 17.7. The van der Waals surface area contributed by atoms with Crippen LogP contribution >= 0.6 is 0 Å². The summed E-state index contributed by atoms with van der Waals surface area (Å²) in [6.07, 6.45) is 5.76. The molecule has 1 saturated carbocycles. The Labute approximate surface area is 168 Å². The Morgan fingerprint density at radius 2 is 1.89 bits per heavy atom. The molecule has 0 bridgehead atoms. The molecule has 3 rings (SSSR count). The summed E-state index contributed by atoms with van der Waals surface area (Å²) in [5.41, 5.74) is 3.78. The molecule has 28 heavy (non-hydrogen) atoms. The lowest BCUT2D eigenvalue weighted by Gasteiger charge is -2.45. The number of hydrogen-bond acceptors (Lipinski definition) is 2. The summed E-state index contributed by atoms with van der Waals surface area (Å²) < 4.78 is 0. The summed E-state index contributed by atoms with van der Waals surface area (Å²) >= 11 is 0. The molecule has 1 aliphatic carbocycles. The maximum absolute atomic E-state index is 12.3. The summed E-state index contributed by atoms with van der Waals surface area (Å²) in [6, 6.07) is 6.25. The lowest BCUT2D eigenvalue weighted by atomic mass is 9.67. The van der Waals surface area contributed by atoms with Gasteiger partial charge in [-0.15, -0.1) is 0 Å². The second kappa shape index (κ2) is 8.16. The predicted octanol–water partition coefficient (Wildman–Crippen LogP) is 4.35. The van der Waals surface area contributed by atoms with Gasteiger partial charge in [-0.1, -0.05) is 44.7 Å². The van der Waals surface area contributed by atoms with Gasteiger partial charge < -0.3 is 20.7 Å². The molecule has 5 nitrogen and oxygen atoms in total. The number of urea groups is 1. The molecule has 0 spiro atoms. The van der Waals surface area contributed by atoms with Gasteiger partial charge in [-0.25, -0.2) is 4.79 Å². The minimum atomic E-state index is -0.683. The Morgan fingerprint density at radius 3 is 2.61 bits per heavy atom. The molecule has 154 valence electrons. The smallest absolute Gasteiger partial charge is 0.314 e. The number of aliphatic hydroxyl groups is 1. The topological polar surface area (TPSA) is 77.2 Å². The first-order valence-corrected chi connectivity index (χ1v) is 10.5. The van der Waals surface area contributed by atoms with Crippen LogP contribution in [0.2, 0.25) is 0 Å². The monoisotopic (exact) mass is 385 g/mol. The zero-order valence-corrected chi connectivity index (χ0v) is 17.7. The highest BCUT2D eigenvalue weighted by molar-refractivity contribution is 5.85. The van der Waals surface area contributed by atoms with Gasteiger partial charge in [0.1, 0.15) is 0 Å². The van der Waals surface area contributed by atoms with E-state index in [2.05, 4.69) is 61.5 Å². The van der Waals surface area contributed by atoms with Gasteiger partial charge in [0.15, 0.2) is 0 Å². The number of nitrogens with one attached hydrogen (secondary N) is 3. The van der Waals surface area contributed by atoms with Crippen molar-refractivity contribution < 1.29 is 9.90 Å². The third-order valence-corrected chi connectivity index (χ3v) is 6.57. The van der Waals surface area contributed by atoms with E-state index in [0.717, 1.165) is 43.3 Å². The molecule has 4 N–H and O–H groups in total. The first-order valence-electron chi connectivity index (χ1n) is 10.5. The fourth-order valence-corrected chi connectivity index (χ4v) is 4.46. The Hall–Kier alpha value is -2.01. The van der Waals surface area contributed by atoms with E-state index in [1.165, 1.54) is 22.9 Å². The van der Waals surface area contributed by atoms with Gasteiger partial charge >= 0.3 is 6.03 Å². The molecule has 0 atom stereocenters. The Morgan fingerprint density at radius 1 is 1.18 bits per heavy atom. The number of amides is 2. The van der Waals surface area contributed by atoms with Crippen molar-refractivity contribution in [3.63, 3.8) is 0 Å². The first-order chi connectivity index (χ1) is 13.2. The van der Waals surface area contributed by atoms with Gasteiger partial charge in [0.05, 0.1) is 5.60 Å². The van der Waals surface area contributed by atoms with Crippen molar-refractivity contribution in [3.8, 4) is 0 Å². The third kappa shape index (κ3) is 4.35. The second-order valence-corrected chi connectivity index (χ2v) is 9.11. The van der Waals surface area contributed by atoms with Crippen molar-refractivity contribution in [2.45, 2.75) is 71.8 Å². The SMILES string of the molecule is Cc1ccc2[nH]c(C)c(CCNC(=O)NCC(C)(C)C3(O)CCCCC3)c2c1. The normalized spacial score (nSPS) is 16.9. The Bertz CT molecular complexity index is 832. The van der Waals surface area contributed by atoms with Crippen LogP contribution in [0.15, 0.2) is 18.2 Å². The minimum Gasteiger partial charge on any atom is -0.389 e. The van der Waals surface area contributed by atoms with Crippen molar-refractivity contribution in [3.05, 3.63) is 35.0 Å². The summed E-state index contributed by atoms with van der Waals surface area (Å²) in [4.78, 5) is 15.7. The quantitative estimate of drug-likeness (QED) is 0.597. The van der Waals surface area contributed by atoms with Gasteiger partial charge in [-0.3, -0.25) is 0 Å². The molecule has 1 aromatic heterocycles. The van der Waals surface area contributed by atoms with Crippen molar-refractivity contribution in [1.82, 2.24) is 15.6 Å². The lowest BCUT2D eigenvalue weighted by Crippen LogP contribution is -2.53. The van der Waals surface area contributed by atoms with E-state index in [0.29, 0.717) is 13.1 Å². The van der Waals surface area contributed by atoms with Crippen molar-refractivity contribution in [2.75, 3.05) is 13.1 Å². The Balaban J connectivity index is 1.51. The summed E-state index contributed by atoms with van der Waals surface area (Å²) in [6.45, 7) is 9.34. The lowest BCUT2D eigenvalue weighted by molar-refractivity contribution is -0.0906. The maximum Gasteiger partial charge on any atom is 0.314 e. The molecule has 5 heteroatoms. The molecular formula is C23H35N3O2. The molecule has 1 heterocycles. The van der Waals surface area contributed by atoms with Gasteiger partial charge in [0.25, 0.3) is 0 Å². The highest BCUT2D eigenvalue weighted by atomic mass is 16.3. The molecule has 2 amide bonds. The molecule has 1 aliphatic rings. The molecule has 2 aromatic rings. The zero-order chi connectivity index (χ0) is 20.4. The van der Waals surface area contributed by atoms with Crippen LogP contribution in [0, 0.1) is 19.3 Å². The van der Waals surface area contributed by atoms with Gasteiger partial charge in [0, 0.05) is 35.1 Å². The Kier molecular flexibility index (Phi) is 6.04. The van der Waals surface area contributed by atoms with Crippen molar-refractivity contribution >= 4 is 16.9 Å². The van der Waals surface area contributed by atoms with Gasteiger partial charge in [-0.2, -0.15) is 0 Å². The minimum absolute atomic E-state index is 0.166. The number of aryl methyl sites for hydroxylation is 2. The molecule has 0 radical (unpaired) electrons. The average Bonchev–Trinajstić information content (AvgIpc) is 2.95. The van der Waals surface area contributed by atoms with E-state index >= 15 is 0 Å². The van der Waals surface area contributed by atoms with E-state index in [1.807, 2.05) is 0 Å². The first kappa shape index (κ1) is 20.7. The van der Waals surface area contributed by atoms with Gasteiger partial charge in [-0.05, 0) is 50.8 Å². The van der Waals surface area contributed by atoms with Crippen LogP contribution in [-0.2, 0) is 6.42 Å². The third-order valence-electron chi connectivity index (χ3n) is 6.57. The summed E-state index contributed by atoms with van der Waals surface area (Å²) in [5, 5.41) is 18.2. The van der Waals surface area contributed by atoms with Crippen LogP contribution in [0.5, 0.6) is 0 Å². The second-order valence-electron chi connectivity index (χ2n) is 9.11. The van der Waals surface area contributed by atoms with E-state index in [9.17, 15) is 9.90 Å². The van der Waals surface area contributed by atoms with Gasteiger partial charge in [0.2, 0.25) is 0 Å². The largest absolute Gasteiger partial charge is 0.389 e. The van der Waals surface area contributed by atoms with Crippen LogP contribution in [0.4, 0.5) is 4.79 Å². The van der Waals surface area contributed by atoms with Crippen molar-refractivity contribution in [2.24, 2.45) is 5.41 Å². The summed E-state index contributed by atoms with van der Waals surface area (Å²) in [5.74, 6) is 0. The standard InChI is InChI=1S/C23H35N3O2/c1-16-8-9-20-19(14-16)18(17(2)26-20)10-13-24-21(27)25-15-22(3,4)23(28)11-6-5-7-12-23/h8-9,14,26,28H,5-7,10-13,15H2,1-4H3,(H2,24,25,27).